The van der Waals surface area contributed by atoms with Crippen molar-refractivity contribution in [2.45, 2.75) is 25.3 Å². The van der Waals surface area contributed by atoms with Gasteiger partial charge >= 0.3 is 6.03 Å². The van der Waals surface area contributed by atoms with E-state index in [1.807, 2.05) is 40.1 Å². The molecule has 2 atom stereocenters. The van der Waals surface area contributed by atoms with Gasteiger partial charge in [0.25, 0.3) is 0 Å². The summed E-state index contributed by atoms with van der Waals surface area (Å²) in [5.41, 5.74) is 0. The maximum atomic E-state index is 12.7. The topological polar surface area (TPSA) is 53.1 Å². The molecule has 3 amide bonds. The third-order valence-corrected chi connectivity index (χ3v) is 5.01. The molecule has 1 aromatic carbocycles. The quantitative estimate of drug-likeness (QED) is 0.839. The number of piperidine rings is 1. The van der Waals surface area contributed by atoms with Crippen LogP contribution in [-0.2, 0) is 4.79 Å². The van der Waals surface area contributed by atoms with Crippen molar-refractivity contribution < 1.29 is 14.3 Å². The van der Waals surface area contributed by atoms with Crippen molar-refractivity contribution in [3.05, 3.63) is 30.3 Å². The highest BCUT2D eigenvalue weighted by Gasteiger charge is 2.38. The van der Waals surface area contributed by atoms with Gasteiger partial charge in [-0.2, -0.15) is 0 Å². The number of carbonyl (C=O) groups is 2. The first-order valence-electron chi connectivity index (χ1n) is 8.98. The van der Waals surface area contributed by atoms with E-state index in [4.69, 9.17) is 4.74 Å². The van der Waals surface area contributed by atoms with Crippen molar-refractivity contribution in [1.29, 1.82) is 0 Å². The lowest BCUT2D eigenvalue weighted by molar-refractivity contribution is -0.135. The Morgan fingerprint density at radius 3 is 2.60 bits per heavy atom. The van der Waals surface area contributed by atoms with Gasteiger partial charge in [0.1, 0.15) is 5.75 Å². The monoisotopic (exact) mass is 345 g/mol. The minimum Gasteiger partial charge on any atom is -0.493 e. The second-order valence-corrected chi connectivity index (χ2v) is 7.14. The predicted octanol–water partition coefficient (Wildman–Crippen LogP) is 2.06. The number of amides is 3. The minimum atomic E-state index is 0.0404. The van der Waals surface area contributed by atoms with E-state index in [9.17, 15) is 9.59 Å². The average Bonchev–Trinajstić information content (AvgIpc) is 2.93. The highest BCUT2D eigenvalue weighted by molar-refractivity contribution is 5.77. The summed E-state index contributed by atoms with van der Waals surface area (Å²) < 4.78 is 5.65. The lowest BCUT2D eigenvalue weighted by atomic mass is 9.95. The van der Waals surface area contributed by atoms with Crippen LogP contribution in [0.25, 0.3) is 0 Å². The number of urea groups is 1. The van der Waals surface area contributed by atoms with E-state index in [1.165, 1.54) is 0 Å². The van der Waals surface area contributed by atoms with Gasteiger partial charge in [-0.25, -0.2) is 4.79 Å². The smallest absolute Gasteiger partial charge is 0.319 e. The molecule has 4 rings (SSSR count). The maximum Gasteiger partial charge on any atom is 0.319 e. The minimum absolute atomic E-state index is 0.0404. The Balaban J connectivity index is 1.55. The number of para-hydroxylation sites is 1. The molecule has 0 saturated carbocycles. The normalized spacial score (nSPS) is 22.5. The van der Waals surface area contributed by atoms with Crippen LogP contribution >= 0.6 is 0 Å². The molecule has 0 aromatic heterocycles. The summed E-state index contributed by atoms with van der Waals surface area (Å²) in [6.45, 7) is 2.53. The Kier molecular flexibility index (Phi) is 5.46. The van der Waals surface area contributed by atoms with Crippen molar-refractivity contribution >= 4 is 11.9 Å². The standard InChI is InChI=1S/C19H27N3O3/c1-20(2)19(24)21-12-15-8-9-16(14-21)22(13-15)18(23)10-11-25-17-6-4-3-5-7-17/h3-7,15-16H,8-14H2,1-2H3/t15-,16+/m1/s1. The van der Waals surface area contributed by atoms with Crippen molar-refractivity contribution in [3.63, 3.8) is 0 Å². The molecule has 0 N–H and O–H groups in total. The third-order valence-electron chi connectivity index (χ3n) is 5.01. The summed E-state index contributed by atoms with van der Waals surface area (Å²) in [5.74, 6) is 1.29. The largest absolute Gasteiger partial charge is 0.493 e. The molecule has 25 heavy (non-hydrogen) atoms. The second kappa shape index (κ2) is 7.76. The molecule has 6 nitrogen and oxygen atoms in total. The van der Waals surface area contributed by atoms with Gasteiger partial charge in [0.15, 0.2) is 0 Å². The molecule has 3 saturated heterocycles. The van der Waals surface area contributed by atoms with E-state index in [-0.39, 0.29) is 18.0 Å². The molecule has 3 heterocycles. The Morgan fingerprint density at radius 1 is 1.12 bits per heavy atom. The van der Waals surface area contributed by atoms with Gasteiger partial charge < -0.3 is 19.4 Å². The fourth-order valence-corrected chi connectivity index (χ4v) is 3.74. The van der Waals surface area contributed by atoms with E-state index in [0.29, 0.717) is 25.5 Å². The molecule has 0 aliphatic carbocycles. The Labute approximate surface area is 149 Å². The van der Waals surface area contributed by atoms with Crippen LogP contribution in [0.2, 0.25) is 0 Å². The number of rotatable bonds is 4. The fraction of sp³-hybridized carbons (Fsp3) is 0.579. The van der Waals surface area contributed by atoms with E-state index in [2.05, 4.69) is 0 Å². The fourth-order valence-electron chi connectivity index (χ4n) is 3.74. The molecular weight excluding hydrogens is 318 g/mol. The summed E-state index contributed by atoms with van der Waals surface area (Å²) in [5, 5.41) is 0. The lowest BCUT2D eigenvalue weighted by Gasteiger charge is -2.36. The first-order valence-corrected chi connectivity index (χ1v) is 8.98. The number of benzene rings is 1. The molecule has 1 aromatic rings. The van der Waals surface area contributed by atoms with Gasteiger partial charge in [-0.05, 0) is 30.9 Å². The zero-order valence-corrected chi connectivity index (χ0v) is 15.1. The Bertz CT molecular complexity index is 605. The number of hydrogen-bond donors (Lipinski definition) is 0. The summed E-state index contributed by atoms with van der Waals surface area (Å²) in [7, 11) is 3.55. The zero-order chi connectivity index (χ0) is 17.8. The first kappa shape index (κ1) is 17.6. The van der Waals surface area contributed by atoms with Crippen molar-refractivity contribution in [2.24, 2.45) is 5.92 Å². The van der Waals surface area contributed by atoms with Crippen LogP contribution in [-0.4, -0.2) is 73.0 Å². The predicted molar refractivity (Wildman–Crippen MR) is 95.4 cm³/mol. The summed E-state index contributed by atoms with van der Waals surface area (Å²) >= 11 is 0. The molecule has 3 aliphatic rings. The molecule has 2 bridgehead atoms. The van der Waals surface area contributed by atoms with Gasteiger partial charge in [-0.3, -0.25) is 4.79 Å². The van der Waals surface area contributed by atoms with Gasteiger partial charge in [0.05, 0.1) is 13.0 Å². The average molecular weight is 345 g/mol. The van der Waals surface area contributed by atoms with Crippen LogP contribution in [0, 0.1) is 5.92 Å². The van der Waals surface area contributed by atoms with Crippen molar-refractivity contribution in [3.8, 4) is 5.75 Å². The number of carbonyl (C=O) groups excluding carboxylic acids is 2. The molecule has 0 radical (unpaired) electrons. The van der Waals surface area contributed by atoms with E-state index < -0.39 is 0 Å². The van der Waals surface area contributed by atoms with Crippen LogP contribution in [0.4, 0.5) is 4.79 Å². The van der Waals surface area contributed by atoms with Crippen LogP contribution in [0.1, 0.15) is 19.3 Å². The van der Waals surface area contributed by atoms with E-state index in [0.717, 1.165) is 31.7 Å². The van der Waals surface area contributed by atoms with Crippen LogP contribution < -0.4 is 4.74 Å². The highest BCUT2D eigenvalue weighted by atomic mass is 16.5. The van der Waals surface area contributed by atoms with E-state index >= 15 is 0 Å². The van der Waals surface area contributed by atoms with Crippen LogP contribution in [0.3, 0.4) is 0 Å². The molecule has 3 fully saturated rings. The van der Waals surface area contributed by atoms with Gasteiger partial charge in [-0.1, -0.05) is 18.2 Å². The third kappa shape index (κ3) is 4.24. The van der Waals surface area contributed by atoms with Crippen molar-refractivity contribution in [1.82, 2.24) is 14.7 Å². The second-order valence-electron chi connectivity index (χ2n) is 7.14. The maximum absolute atomic E-state index is 12.7. The summed E-state index contributed by atoms with van der Waals surface area (Å²) in [4.78, 5) is 30.5. The number of hydrogen-bond acceptors (Lipinski definition) is 3. The molecule has 6 heteroatoms. The van der Waals surface area contributed by atoms with Crippen LogP contribution in [0.5, 0.6) is 5.75 Å². The van der Waals surface area contributed by atoms with Crippen LogP contribution in [0.15, 0.2) is 30.3 Å². The zero-order valence-electron chi connectivity index (χ0n) is 15.1. The molecule has 3 aliphatic heterocycles. The van der Waals surface area contributed by atoms with Crippen molar-refractivity contribution in [2.75, 3.05) is 40.3 Å². The summed E-state index contributed by atoms with van der Waals surface area (Å²) in [6.07, 6.45) is 2.44. The Hall–Kier alpha value is -2.24. The summed E-state index contributed by atoms with van der Waals surface area (Å²) in [6, 6.07) is 9.73. The van der Waals surface area contributed by atoms with Gasteiger partial charge in [0, 0.05) is 39.8 Å². The molecule has 136 valence electrons. The SMILES string of the molecule is CN(C)C(=O)N1C[C@H]2CC[C@@H](C1)N(C(=O)CCOc1ccccc1)C2. The first-order chi connectivity index (χ1) is 12.0. The Morgan fingerprint density at radius 2 is 1.88 bits per heavy atom. The lowest BCUT2D eigenvalue weighted by Crippen LogP contribution is -2.48. The highest BCUT2D eigenvalue weighted by Crippen LogP contribution is 2.29. The molecule has 0 spiro atoms. The van der Waals surface area contributed by atoms with Gasteiger partial charge in [-0.15, -0.1) is 0 Å². The van der Waals surface area contributed by atoms with E-state index in [1.54, 1.807) is 19.0 Å². The number of nitrogens with zero attached hydrogens (tertiary/aromatic N) is 3. The van der Waals surface area contributed by atoms with Gasteiger partial charge in [0.2, 0.25) is 5.91 Å². The molecule has 0 unspecified atom stereocenters. The number of ether oxygens (including phenoxy) is 1. The molecular formula is C19H27N3O3. The number of fused-ring (bicyclic) bond motifs is 4.